The lowest BCUT2D eigenvalue weighted by Crippen LogP contribution is -2.42. The van der Waals surface area contributed by atoms with Gasteiger partial charge < -0.3 is 20.1 Å². The molecule has 0 aromatic heterocycles. The van der Waals surface area contributed by atoms with E-state index in [-0.39, 0.29) is 12.3 Å². The van der Waals surface area contributed by atoms with E-state index >= 15 is 0 Å². The summed E-state index contributed by atoms with van der Waals surface area (Å²) in [6, 6.07) is -0.191. The largest absolute Gasteiger partial charge is 0.383 e. The number of nitrogens with one attached hydrogen (secondary N) is 2. The molecule has 5 heteroatoms. The Morgan fingerprint density at radius 1 is 1.69 bits per heavy atom. The molecule has 5 nitrogen and oxygen atoms in total. The van der Waals surface area contributed by atoms with E-state index in [0.29, 0.717) is 13.2 Å². The van der Waals surface area contributed by atoms with Crippen LogP contribution in [0.15, 0.2) is 0 Å². The van der Waals surface area contributed by atoms with E-state index in [1.807, 2.05) is 0 Å². The molecule has 1 unspecified atom stereocenters. The van der Waals surface area contributed by atoms with Crippen molar-refractivity contribution < 1.29 is 14.3 Å². The zero-order valence-electron chi connectivity index (χ0n) is 7.84. The minimum atomic E-state index is -0.191. The fraction of sp³-hybridized carbons (Fsp3) is 0.875. The first-order valence-corrected chi connectivity index (χ1v) is 4.48. The molecule has 1 heterocycles. The van der Waals surface area contributed by atoms with Crippen molar-refractivity contribution in [1.82, 2.24) is 10.6 Å². The summed E-state index contributed by atoms with van der Waals surface area (Å²) in [6.07, 6.45) is 1.81. The summed E-state index contributed by atoms with van der Waals surface area (Å²) in [5, 5.41) is 5.37. The number of rotatable bonds is 4. The standard InChI is InChI=1S/C8H16N2O3/c1-12-6-4-9-8(11)10-7-3-2-5-13-7/h7H,2-6H2,1H3,(H2,9,10,11). The maximum atomic E-state index is 11.1. The minimum Gasteiger partial charge on any atom is -0.383 e. The molecule has 2 amide bonds. The smallest absolute Gasteiger partial charge is 0.316 e. The van der Waals surface area contributed by atoms with Crippen molar-refractivity contribution in [2.45, 2.75) is 19.1 Å². The predicted octanol–water partition coefficient (Wildman–Crippen LogP) is 0.0685. The van der Waals surface area contributed by atoms with E-state index in [4.69, 9.17) is 9.47 Å². The molecule has 1 rings (SSSR count). The van der Waals surface area contributed by atoms with E-state index in [0.717, 1.165) is 19.4 Å². The summed E-state index contributed by atoms with van der Waals surface area (Å²) in [4.78, 5) is 11.1. The molecule has 0 bridgehead atoms. The second-order valence-electron chi connectivity index (χ2n) is 2.89. The highest BCUT2D eigenvalue weighted by atomic mass is 16.5. The van der Waals surface area contributed by atoms with Crippen LogP contribution in [0.5, 0.6) is 0 Å². The Labute approximate surface area is 77.8 Å². The van der Waals surface area contributed by atoms with Gasteiger partial charge in [-0.2, -0.15) is 0 Å². The fourth-order valence-corrected chi connectivity index (χ4v) is 1.16. The first-order valence-electron chi connectivity index (χ1n) is 4.48. The Morgan fingerprint density at radius 3 is 3.15 bits per heavy atom. The maximum absolute atomic E-state index is 11.1. The number of ether oxygens (including phenoxy) is 2. The summed E-state index contributed by atoms with van der Waals surface area (Å²) in [6.45, 7) is 1.79. The highest BCUT2D eigenvalue weighted by Gasteiger charge is 2.16. The van der Waals surface area contributed by atoms with Gasteiger partial charge in [0.1, 0.15) is 6.23 Å². The van der Waals surface area contributed by atoms with Crippen LogP contribution in [-0.2, 0) is 9.47 Å². The maximum Gasteiger partial charge on any atom is 0.316 e. The molecule has 1 atom stereocenters. The van der Waals surface area contributed by atoms with Gasteiger partial charge in [-0.05, 0) is 12.8 Å². The van der Waals surface area contributed by atoms with Crippen molar-refractivity contribution in [1.29, 1.82) is 0 Å². The van der Waals surface area contributed by atoms with Crippen LogP contribution in [0.3, 0.4) is 0 Å². The Morgan fingerprint density at radius 2 is 2.54 bits per heavy atom. The zero-order valence-corrected chi connectivity index (χ0v) is 7.84. The van der Waals surface area contributed by atoms with Crippen molar-refractivity contribution in [3.8, 4) is 0 Å². The number of carbonyl (C=O) groups is 1. The summed E-state index contributed by atoms with van der Waals surface area (Å²) < 4.78 is 10.0. The van der Waals surface area contributed by atoms with Crippen LogP contribution in [0.4, 0.5) is 4.79 Å². The van der Waals surface area contributed by atoms with Crippen LogP contribution in [0.25, 0.3) is 0 Å². The van der Waals surface area contributed by atoms with Gasteiger partial charge in [-0.1, -0.05) is 0 Å². The number of hydrogen-bond donors (Lipinski definition) is 2. The molecular weight excluding hydrogens is 172 g/mol. The first kappa shape index (κ1) is 10.3. The van der Waals surface area contributed by atoms with E-state index < -0.39 is 0 Å². The van der Waals surface area contributed by atoms with Gasteiger partial charge in [0.2, 0.25) is 0 Å². The average molecular weight is 188 g/mol. The Bertz CT molecular complexity index is 157. The van der Waals surface area contributed by atoms with Gasteiger partial charge >= 0.3 is 6.03 Å². The van der Waals surface area contributed by atoms with Crippen molar-refractivity contribution in [2.75, 3.05) is 26.9 Å². The van der Waals surface area contributed by atoms with Gasteiger partial charge in [-0.15, -0.1) is 0 Å². The third kappa shape index (κ3) is 4.10. The van der Waals surface area contributed by atoms with Crippen LogP contribution in [0.2, 0.25) is 0 Å². The lowest BCUT2D eigenvalue weighted by Gasteiger charge is -2.12. The van der Waals surface area contributed by atoms with Gasteiger partial charge in [-0.3, -0.25) is 0 Å². The van der Waals surface area contributed by atoms with Crippen LogP contribution in [0.1, 0.15) is 12.8 Å². The second kappa shape index (κ2) is 5.77. The number of amides is 2. The highest BCUT2D eigenvalue weighted by molar-refractivity contribution is 5.73. The molecule has 0 saturated carbocycles. The molecule has 2 N–H and O–H groups in total. The quantitative estimate of drug-likeness (QED) is 0.614. The Balaban J connectivity index is 2.02. The van der Waals surface area contributed by atoms with Crippen LogP contribution >= 0.6 is 0 Å². The number of urea groups is 1. The summed E-state index contributed by atoms with van der Waals surface area (Å²) in [5.74, 6) is 0. The van der Waals surface area contributed by atoms with Gasteiger partial charge in [0, 0.05) is 20.3 Å². The molecule has 0 aromatic carbocycles. The first-order chi connectivity index (χ1) is 6.33. The number of methoxy groups -OCH3 is 1. The van der Waals surface area contributed by atoms with Crippen molar-refractivity contribution in [2.24, 2.45) is 0 Å². The minimum absolute atomic E-state index is 0.109. The second-order valence-corrected chi connectivity index (χ2v) is 2.89. The van der Waals surface area contributed by atoms with Crippen molar-refractivity contribution in [3.63, 3.8) is 0 Å². The summed E-state index contributed by atoms with van der Waals surface area (Å²) >= 11 is 0. The van der Waals surface area contributed by atoms with Crippen LogP contribution < -0.4 is 10.6 Å². The molecule has 0 radical (unpaired) electrons. The predicted molar refractivity (Wildman–Crippen MR) is 47.4 cm³/mol. The SMILES string of the molecule is COCCNC(=O)NC1CCCO1. The average Bonchev–Trinajstić information content (AvgIpc) is 2.57. The molecule has 1 fully saturated rings. The lowest BCUT2D eigenvalue weighted by molar-refractivity contribution is 0.0902. The molecule has 76 valence electrons. The molecule has 0 aliphatic carbocycles. The Hall–Kier alpha value is -0.810. The summed E-state index contributed by atoms with van der Waals surface area (Å²) in [7, 11) is 1.60. The van der Waals surface area contributed by atoms with E-state index in [1.165, 1.54) is 0 Å². The normalized spacial score (nSPS) is 21.5. The number of hydrogen-bond acceptors (Lipinski definition) is 3. The lowest BCUT2D eigenvalue weighted by atomic mass is 10.3. The molecule has 1 saturated heterocycles. The molecule has 1 aliphatic rings. The number of carbonyl (C=O) groups excluding carboxylic acids is 1. The van der Waals surface area contributed by atoms with Crippen molar-refractivity contribution >= 4 is 6.03 Å². The van der Waals surface area contributed by atoms with Gasteiger partial charge in [0.05, 0.1) is 6.61 Å². The van der Waals surface area contributed by atoms with Gasteiger partial charge in [-0.25, -0.2) is 4.79 Å². The fourth-order valence-electron chi connectivity index (χ4n) is 1.16. The molecule has 0 aromatic rings. The van der Waals surface area contributed by atoms with E-state index in [2.05, 4.69) is 10.6 Å². The van der Waals surface area contributed by atoms with Crippen LogP contribution in [-0.4, -0.2) is 39.1 Å². The molecule has 1 aliphatic heterocycles. The van der Waals surface area contributed by atoms with Gasteiger partial charge in [0.15, 0.2) is 0 Å². The van der Waals surface area contributed by atoms with E-state index in [1.54, 1.807) is 7.11 Å². The van der Waals surface area contributed by atoms with Gasteiger partial charge in [0.25, 0.3) is 0 Å². The monoisotopic (exact) mass is 188 g/mol. The highest BCUT2D eigenvalue weighted by Crippen LogP contribution is 2.08. The molecule has 0 spiro atoms. The summed E-state index contributed by atoms with van der Waals surface area (Å²) in [5.41, 5.74) is 0. The zero-order chi connectivity index (χ0) is 9.52. The van der Waals surface area contributed by atoms with Crippen molar-refractivity contribution in [3.05, 3.63) is 0 Å². The topological polar surface area (TPSA) is 59.6 Å². The third-order valence-electron chi connectivity index (χ3n) is 1.81. The van der Waals surface area contributed by atoms with Crippen LogP contribution in [0, 0.1) is 0 Å². The third-order valence-corrected chi connectivity index (χ3v) is 1.81. The Kier molecular flexibility index (Phi) is 4.56. The van der Waals surface area contributed by atoms with E-state index in [9.17, 15) is 4.79 Å². The molecular formula is C8H16N2O3. The molecule has 13 heavy (non-hydrogen) atoms.